The molecular formula is C20H15ClN4OS. The predicted octanol–water partition coefficient (Wildman–Crippen LogP) is 5.28. The van der Waals surface area contributed by atoms with Gasteiger partial charge >= 0.3 is 0 Å². The lowest BCUT2D eigenvalue weighted by Crippen LogP contribution is -2.13. The SMILES string of the molecule is Cc1cnc(NC(=O)c2cc(-c3ccncc3)nc3c(C)c(Cl)ccc23)s1. The molecule has 7 heteroatoms. The number of thiazole rings is 1. The minimum Gasteiger partial charge on any atom is -0.298 e. The molecule has 3 aromatic heterocycles. The molecule has 0 unspecified atom stereocenters. The molecule has 0 spiro atoms. The van der Waals surface area contributed by atoms with Crippen molar-refractivity contribution in [3.8, 4) is 11.3 Å². The Morgan fingerprint density at radius 3 is 2.63 bits per heavy atom. The van der Waals surface area contributed by atoms with E-state index in [1.165, 1.54) is 11.3 Å². The number of nitrogens with zero attached hydrogens (tertiary/aromatic N) is 3. The van der Waals surface area contributed by atoms with E-state index in [0.29, 0.717) is 26.9 Å². The Balaban J connectivity index is 1.89. The van der Waals surface area contributed by atoms with Crippen LogP contribution in [0.15, 0.2) is 48.9 Å². The Morgan fingerprint density at radius 2 is 1.93 bits per heavy atom. The van der Waals surface area contributed by atoms with Crippen molar-refractivity contribution in [3.63, 3.8) is 0 Å². The van der Waals surface area contributed by atoms with Gasteiger partial charge in [-0.15, -0.1) is 11.3 Å². The highest BCUT2D eigenvalue weighted by Gasteiger charge is 2.17. The molecule has 0 atom stereocenters. The number of benzene rings is 1. The Hall–Kier alpha value is -2.83. The molecule has 4 rings (SSSR count). The van der Waals surface area contributed by atoms with Gasteiger partial charge in [0.25, 0.3) is 5.91 Å². The van der Waals surface area contributed by atoms with E-state index < -0.39 is 0 Å². The zero-order chi connectivity index (χ0) is 19.0. The fraction of sp³-hybridized carbons (Fsp3) is 0.100. The smallest absolute Gasteiger partial charge is 0.258 e. The number of carbonyl (C=O) groups excluding carboxylic acids is 1. The molecule has 1 N–H and O–H groups in total. The predicted molar refractivity (Wildman–Crippen MR) is 110 cm³/mol. The lowest BCUT2D eigenvalue weighted by Gasteiger charge is -2.12. The van der Waals surface area contributed by atoms with Crippen molar-refractivity contribution in [1.82, 2.24) is 15.0 Å². The molecule has 3 heterocycles. The number of hydrogen-bond acceptors (Lipinski definition) is 5. The van der Waals surface area contributed by atoms with Crippen molar-refractivity contribution in [2.45, 2.75) is 13.8 Å². The van der Waals surface area contributed by atoms with Crippen LogP contribution in [0.5, 0.6) is 0 Å². The average Bonchev–Trinajstić information content (AvgIpc) is 3.09. The van der Waals surface area contributed by atoms with E-state index in [9.17, 15) is 4.79 Å². The van der Waals surface area contributed by atoms with Crippen LogP contribution in [0.2, 0.25) is 5.02 Å². The van der Waals surface area contributed by atoms with Crippen LogP contribution in [0, 0.1) is 13.8 Å². The monoisotopic (exact) mass is 394 g/mol. The van der Waals surface area contributed by atoms with Gasteiger partial charge in [-0.25, -0.2) is 9.97 Å². The van der Waals surface area contributed by atoms with Gasteiger partial charge in [-0.2, -0.15) is 0 Å². The molecule has 27 heavy (non-hydrogen) atoms. The first-order valence-corrected chi connectivity index (χ1v) is 9.46. The molecule has 0 saturated heterocycles. The minimum absolute atomic E-state index is 0.228. The van der Waals surface area contributed by atoms with E-state index in [-0.39, 0.29) is 5.91 Å². The summed E-state index contributed by atoms with van der Waals surface area (Å²) in [7, 11) is 0. The number of fused-ring (bicyclic) bond motifs is 1. The summed E-state index contributed by atoms with van der Waals surface area (Å²) in [5, 5.41) is 4.81. The van der Waals surface area contributed by atoms with Crippen LogP contribution in [0.25, 0.3) is 22.2 Å². The summed E-state index contributed by atoms with van der Waals surface area (Å²) in [6, 6.07) is 9.13. The molecule has 0 saturated carbocycles. The maximum absolute atomic E-state index is 13.0. The first-order chi connectivity index (χ1) is 13.0. The number of amides is 1. The molecule has 4 aromatic rings. The number of aryl methyl sites for hydroxylation is 2. The van der Waals surface area contributed by atoms with Gasteiger partial charge in [-0.05, 0) is 43.7 Å². The van der Waals surface area contributed by atoms with Gasteiger partial charge in [-0.3, -0.25) is 15.1 Å². The van der Waals surface area contributed by atoms with E-state index in [2.05, 4.69) is 15.3 Å². The molecule has 0 aliphatic carbocycles. The van der Waals surface area contributed by atoms with Crippen molar-refractivity contribution in [2.24, 2.45) is 0 Å². The van der Waals surface area contributed by atoms with Crippen molar-refractivity contribution in [2.75, 3.05) is 5.32 Å². The Bertz CT molecular complexity index is 1160. The number of rotatable bonds is 3. The maximum atomic E-state index is 13.0. The number of aromatic nitrogens is 3. The number of anilines is 1. The summed E-state index contributed by atoms with van der Waals surface area (Å²) >= 11 is 7.73. The molecule has 5 nitrogen and oxygen atoms in total. The Morgan fingerprint density at radius 1 is 1.15 bits per heavy atom. The molecule has 0 aliphatic heterocycles. The summed E-state index contributed by atoms with van der Waals surface area (Å²) in [4.78, 5) is 27.0. The van der Waals surface area contributed by atoms with E-state index >= 15 is 0 Å². The standard InChI is InChI=1S/C20H15ClN4OS/c1-11-10-23-20(27-11)25-19(26)15-9-17(13-5-7-22-8-6-13)24-18-12(2)16(21)4-3-14(15)18/h3-10H,1-2H3,(H,23,25,26). The number of nitrogens with one attached hydrogen (secondary N) is 1. The molecule has 1 amide bonds. The molecular weight excluding hydrogens is 380 g/mol. The second-order valence-electron chi connectivity index (χ2n) is 6.09. The lowest BCUT2D eigenvalue weighted by atomic mass is 10.0. The minimum atomic E-state index is -0.228. The molecule has 134 valence electrons. The number of pyridine rings is 2. The summed E-state index contributed by atoms with van der Waals surface area (Å²) in [6.45, 7) is 3.85. The van der Waals surface area contributed by atoms with E-state index in [0.717, 1.165) is 21.4 Å². The second kappa shape index (κ2) is 7.06. The first kappa shape index (κ1) is 17.6. The summed E-state index contributed by atoms with van der Waals surface area (Å²) < 4.78 is 0. The van der Waals surface area contributed by atoms with Crippen molar-refractivity contribution in [1.29, 1.82) is 0 Å². The Kier molecular flexibility index (Phi) is 4.59. The third-order valence-corrected chi connectivity index (χ3v) is 5.47. The van der Waals surface area contributed by atoms with Gasteiger partial charge in [0.15, 0.2) is 5.13 Å². The summed E-state index contributed by atoms with van der Waals surface area (Å²) in [5.41, 5.74) is 3.64. The zero-order valence-electron chi connectivity index (χ0n) is 14.7. The topological polar surface area (TPSA) is 67.8 Å². The van der Waals surface area contributed by atoms with Crippen molar-refractivity contribution >= 4 is 44.9 Å². The van der Waals surface area contributed by atoms with E-state index in [1.54, 1.807) is 30.7 Å². The van der Waals surface area contributed by atoms with Gasteiger partial charge < -0.3 is 0 Å². The quantitative estimate of drug-likeness (QED) is 0.513. The van der Waals surface area contributed by atoms with Gasteiger partial charge in [-0.1, -0.05) is 17.7 Å². The van der Waals surface area contributed by atoms with Crippen LogP contribution in [-0.2, 0) is 0 Å². The van der Waals surface area contributed by atoms with Crippen LogP contribution in [0.1, 0.15) is 20.8 Å². The highest BCUT2D eigenvalue weighted by molar-refractivity contribution is 7.15. The molecule has 0 aliphatic rings. The fourth-order valence-corrected chi connectivity index (χ4v) is 3.65. The Labute approximate surface area is 165 Å². The van der Waals surface area contributed by atoms with Crippen LogP contribution in [-0.4, -0.2) is 20.9 Å². The zero-order valence-corrected chi connectivity index (χ0v) is 16.2. The number of halogens is 1. The fourth-order valence-electron chi connectivity index (χ4n) is 2.84. The van der Waals surface area contributed by atoms with E-state index in [1.807, 2.05) is 32.0 Å². The summed E-state index contributed by atoms with van der Waals surface area (Å²) in [5.74, 6) is -0.228. The van der Waals surface area contributed by atoms with Gasteiger partial charge in [0.05, 0.1) is 16.8 Å². The molecule has 0 bridgehead atoms. The first-order valence-electron chi connectivity index (χ1n) is 8.27. The van der Waals surface area contributed by atoms with Crippen LogP contribution in [0.3, 0.4) is 0 Å². The largest absolute Gasteiger partial charge is 0.298 e. The third-order valence-electron chi connectivity index (χ3n) is 4.23. The molecule has 0 fully saturated rings. The number of hydrogen-bond donors (Lipinski definition) is 1. The lowest BCUT2D eigenvalue weighted by molar-refractivity contribution is 0.102. The second-order valence-corrected chi connectivity index (χ2v) is 7.73. The van der Waals surface area contributed by atoms with Crippen LogP contribution < -0.4 is 5.32 Å². The van der Waals surface area contributed by atoms with E-state index in [4.69, 9.17) is 16.6 Å². The third kappa shape index (κ3) is 3.41. The highest BCUT2D eigenvalue weighted by atomic mass is 35.5. The van der Waals surface area contributed by atoms with Crippen molar-refractivity contribution < 1.29 is 4.79 Å². The van der Waals surface area contributed by atoms with Crippen LogP contribution >= 0.6 is 22.9 Å². The molecule has 1 aromatic carbocycles. The van der Waals surface area contributed by atoms with Gasteiger partial charge in [0.2, 0.25) is 0 Å². The molecule has 0 radical (unpaired) electrons. The highest BCUT2D eigenvalue weighted by Crippen LogP contribution is 2.30. The average molecular weight is 395 g/mol. The van der Waals surface area contributed by atoms with Crippen molar-refractivity contribution in [3.05, 3.63) is 69.9 Å². The van der Waals surface area contributed by atoms with Crippen LogP contribution in [0.4, 0.5) is 5.13 Å². The maximum Gasteiger partial charge on any atom is 0.258 e. The van der Waals surface area contributed by atoms with Gasteiger partial charge in [0, 0.05) is 39.4 Å². The normalized spacial score (nSPS) is 10.9. The number of carbonyl (C=O) groups is 1. The van der Waals surface area contributed by atoms with Gasteiger partial charge in [0.1, 0.15) is 0 Å². The summed E-state index contributed by atoms with van der Waals surface area (Å²) in [6.07, 6.45) is 5.13.